The second kappa shape index (κ2) is 5.79. The molecule has 1 unspecified atom stereocenters. The number of hydrogen-bond donors (Lipinski definition) is 2. The van der Waals surface area contributed by atoms with Gasteiger partial charge >= 0.3 is 0 Å². The molecule has 3 aromatic heterocycles. The summed E-state index contributed by atoms with van der Waals surface area (Å²) >= 11 is 3.58. The SMILES string of the molecule is O=c1[nH]c(C[NH+]2CCC[C@@H]2c2cccs2)nc2sc3c(c12)CCC3. The monoisotopic (exact) mass is 358 g/mol. The summed E-state index contributed by atoms with van der Waals surface area (Å²) in [6, 6.07) is 4.93. The van der Waals surface area contributed by atoms with Crippen LogP contribution in [0.1, 0.15) is 46.4 Å². The third-order valence-corrected chi connectivity index (χ3v) is 7.56. The van der Waals surface area contributed by atoms with Crippen LogP contribution < -0.4 is 10.5 Å². The highest BCUT2D eigenvalue weighted by Gasteiger charge is 2.31. The van der Waals surface area contributed by atoms with E-state index in [1.54, 1.807) is 11.3 Å². The van der Waals surface area contributed by atoms with Crippen molar-refractivity contribution in [1.29, 1.82) is 0 Å². The molecule has 0 amide bonds. The molecule has 0 spiro atoms. The zero-order valence-corrected chi connectivity index (χ0v) is 15.1. The van der Waals surface area contributed by atoms with Crippen molar-refractivity contribution in [2.45, 2.75) is 44.7 Å². The standard InChI is InChI=1S/C18H19N3OS2/c22-17-16-11-4-1-6-13(11)24-18(16)20-15(19-17)10-21-8-2-5-12(21)14-7-3-9-23-14/h3,7,9,12H,1-2,4-6,8,10H2,(H,19,20,22)/p+1/t12-/m1/s1. The molecule has 0 aromatic carbocycles. The van der Waals surface area contributed by atoms with E-state index in [4.69, 9.17) is 4.98 Å². The molecule has 3 aromatic rings. The largest absolute Gasteiger partial charge is 0.322 e. The van der Waals surface area contributed by atoms with Gasteiger partial charge in [-0.3, -0.25) is 4.79 Å². The number of aromatic nitrogens is 2. The number of aromatic amines is 1. The fourth-order valence-corrected chi connectivity index (χ4v) is 6.50. The van der Waals surface area contributed by atoms with Gasteiger partial charge in [0.25, 0.3) is 5.56 Å². The minimum atomic E-state index is 0.0701. The summed E-state index contributed by atoms with van der Waals surface area (Å²) in [6.45, 7) is 1.97. The quantitative estimate of drug-likeness (QED) is 0.756. The van der Waals surface area contributed by atoms with Crippen LogP contribution in [0, 0.1) is 0 Å². The summed E-state index contributed by atoms with van der Waals surface area (Å²) < 4.78 is 0. The molecule has 124 valence electrons. The average molecular weight is 359 g/mol. The second-order valence-corrected chi connectivity index (χ2v) is 8.91. The van der Waals surface area contributed by atoms with Crippen LogP contribution in [0.25, 0.3) is 10.2 Å². The fraction of sp³-hybridized carbons (Fsp3) is 0.444. The van der Waals surface area contributed by atoms with E-state index in [-0.39, 0.29) is 5.56 Å². The van der Waals surface area contributed by atoms with Gasteiger partial charge in [0, 0.05) is 17.7 Å². The van der Waals surface area contributed by atoms with Gasteiger partial charge in [0.05, 0.1) is 16.8 Å². The molecule has 1 aliphatic heterocycles. The molecule has 24 heavy (non-hydrogen) atoms. The van der Waals surface area contributed by atoms with E-state index >= 15 is 0 Å². The number of quaternary nitrogens is 1. The van der Waals surface area contributed by atoms with Crippen molar-refractivity contribution < 1.29 is 4.90 Å². The highest BCUT2D eigenvalue weighted by molar-refractivity contribution is 7.18. The van der Waals surface area contributed by atoms with Gasteiger partial charge in [-0.2, -0.15) is 0 Å². The number of hydrogen-bond acceptors (Lipinski definition) is 4. The number of H-pyrrole nitrogens is 1. The van der Waals surface area contributed by atoms with E-state index in [1.807, 2.05) is 11.3 Å². The molecule has 1 fully saturated rings. The van der Waals surface area contributed by atoms with Crippen molar-refractivity contribution in [2.75, 3.05) is 6.54 Å². The number of rotatable bonds is 3. The van der Waals surface area contributed by atoms with Gasteiger partial charge in [-0.15, -0.1) is 22.7 Å². The lowest BCUT2D eigenvalue weighted by molar-refractivity contribution is -0.932. The molecule has 6 heteroatoms. The third-order valence-electron chi connectivity index (χ3n) is 5.39. The molecule has 0 saturated carbocycles. The summed E-state index contributed by atoms with van der Waals surface area (Å²) in [5.74, 6) is 0.853. The first-order valence-corrected chi connectivity index (χ1v) is 10.4. The maximum absolute atomic E-state index is 12.6. The summed E-state index contributed by atoms with van der Waals surface area (Å²) in [5, 5.41) is 3.02. The summed E-state index contributed by atoms with van der Waals surface area (Å²) in [5.41, 5.74) is 1.33. The summed E-state index contributed by atoms with van der Waals surface area (Å²) in [6.07, 6.45) is 5.81. The number of thiophene rings is 2. The van der Waals surface area contributed by atoms with Crippen molar-refractivity contribution in [3.8, 4) is 0 Å². The lowest BCUT2D eigenvalue weighted by atomic mass is 10.2. The molecule has 1 aliphatic carbocycles. The predicted molar refractivity (Wildman–Crippen MR) is 98.1 cm³/mol. The van der Waals surface area contributed by atoms with Gasteiger partial charge in [-0.25, -0.2) is 4.98 Å². The van der Waals surface area contributed by atoms with Crippen LogP contribution in [-0.2, 0) is 19.4 Å². The molecule has 0 radical (unpaired) electrons. The number of nitrogens with one attached hydrogen (secondary N) is 2. The van der Waals surface area contributed by atoms with Crippen LogP contribution >= 0.6 is 22.7 Å². The fourth-order valence-electron chi connectivity index (χ4n) is 4.30. The molecular formula is C18H20N3OS2+. The highest BCUT2D eigenvalue weighted by Crippen LogP contribution is 2.34. The Morgan fingerprint density at radius 1 is 1.33 bits per heavy atom. The van der Waals surface area contributed by atoms with E-state index in [0.29, 0.717) is 6.04 Å². The van der Waals surface area contributed by atoms with Crippen molar-refractivity contribution in [1.82, 2.24) is 9.97 Å². The minimum Gasteiger partial charge on any atom is -0.322 e. The molecule has 4 heterocycles. The van der Waals surface area contributed by atoms with Crippen molar-refractivity contribution in [2.24, 2.45) is 0 Å². The average Bonchev–Trinajstić information content (AvgIpc) is 3.30. The Morgan fingerprint density at radius 2 is 2.29 bits per heavy atom. The van der Waals surface area contributed by atoms with Crippen LogP contribution in [0.15, 0.2) is 22.3 Å². The Bertz CT molecular complexity index is 941. The minimum absolute atomic E-state index is 0.0701. The maximum Gasteiger partial charge on any atom is 0.260 e. The second-order valence-electron chi connectivity index (χ2n) is 6.85. The van der Waals surface area contributed by atoms with E-state index < -0.39 is 0 Å². The zero-order chi connectivity index (χ0) is 16.1. The first-order chi connectivity index (χ1) is 11.8. The van der Waals surface area contributed by atoms with Gasteiger partial charge in [-0.05, 0) is 36.3 Å². The first-order valence-electron chi connectivity index (χ1n) is 8.71. The van der Waals surface area contributed by atoms with Crippen molar-refractivity contribution in [3.63, 3.8) is 0 Å². The van der Waals surface area contributed by atoms with Crippen molar-refractivity contribution >= 4 is 32.9 Å². The molecule has 2 N–H and O–H groups in total. The van der Waals surface area contributed by atoms with E-state index in [0.717, 1.165) is 42.0 Å². The highest BCUT2D eigenvalue weighted by atomic mass is 32.1. The molecule has 2 aliphatic rings. The van der Waals surface area contributed by atoms with E-state index in [2.05, 4.69) is 22.5 Å². The Balaban J connectivity index is 1.48. The molecular weight excluding hydrogens is 338 g/mol. The zero-order valence-electron chi connectivity index (χ0n) is 13.4. The Hall–Kier alpha value is -1.50. The van der Waals surface area contributed by atoms with Crippen molar-refractivity contribution in [3.05, 3.63) is 49.0 Å². The lowest BCUT2D eigenvalue weighted by Gasteiger charge is -2.19. The van der Waals surface area contributed by atoms with E-state index in [1.165, 1.54) is 39.5 Å². The number of likely N-dealkylation sites (tertiary alicyclic amines) is 1. The number of aryl methyl sites for hydroxylation is 2. The molecule has 2 atom stereocenters. The van der Waals surface area contributed by atoms with Crippen LogP contribution in [0.2, 0.25) is 0 Å². The smallest absolute Gasteiger partial charge is 0.260 e. The Labute approximate surface area is 148 Å². The number of fused-ring (bicyclic) bond motifs is 3. The normalized spacial score (nSPS) is 23.2. The van der Waals surface area contributed by atoms with Gasteiger partial charge in [0.15, 0.2) is 5.82 Å². The first kappa shape index (κ1) is 14.8. The molecule has 5 rings (SSSR count). The van der Waals surface area contributed by atoms with Crippen LogP contribution in [0.3, 0.4) is 0 Å². The van der Waals surface area contributed by atoms with Crippen LogP contribution in [-0.4, -0.2) is 16.5 Å². The van der Waals surface area contributed by atoms with Gasteiger partial charge in [0.1, 0.15) is 17.4 Å². The summed E-state index contributed by atoms with van der Waals surface area (Å²) in [4.78, 5) is 25.8. The van der Waals surface area contributed by atoms with Gasteiger partial charge in [0.2, 0.25) is 0 Å². The van der Waals surface area contributed by atoms with E-state index in [9.17, 15) is 4.79 Å². The topological polar surface area (TPSA) is 50.2 Å². The van der Waals surface area contributed by atoms with Crippen LogP contribution in [0.5, 0.6) is 0 Å². The summed E-state index contributed by atoms with van der Waals surface area (Å²) in [7, 11) is 0. The van der Waals surface area contributed by atoms with Gasteiger partial charge < -0.3 is 9.88 Å². The maximum atomic E-state index is 12.6. The van der Waals surface area contributed by atoms with Crippen LogP contribution in [0.4, 0.5) is 0 Å². The predicted octanol–water partition coefficient (Wildman–Crippen LogP) is 2.45. The molecule has 1 saturated heterocycles. The lowest BCUT2D eigenvalue weighted by Crippen LogP contribution is -3.09. The molecule has 0 bridgehead atoms. The molecule has 4 nitrogen and oxygen atoms in total. The Morgan fingerprint density at radius 3 is 3.17 bits per heavy atom. The third kappa shape index (κ3) is 2.36. The van der Waals surface area contributed by atoms with Gasteiger partial charge in [-0.1, -0.05) is 6.07 Å². The number of nitrogens with zero attached hydrogens (tertiary/aromatic N) is 1. The Kier molecular flexibility index (Phi) is 3.57.